The van der Waals surface area contributed by atoms with Crippen molar-refractivity contribution in [2.24, 2.45) is 5.41 Å². The molecule has 0 bridgehead atoms. The summed E-state index contributed by atoms with van der Waals surface area (Å²) >= 11 is 0. The van der Waals surface area contributed by atoms with E-state index in [0.29, 0.717) is 0 Å². The molecule has 0 aliphatic rings. The standard InChI is InChI=1S/C9H10O6.Al.3H/c1-4(10)9(5(2)11,6(3)12)7(13)8(14)15;;;;/h1-3H3,(H,14,15);;;;. The molecule has 0 radical (unpaired) electrons. The average Bonchev–Trinajstić information content (AvgIpc) is 2.02. The first-order valence-electron chi connectivity index (χ1n) is 3.99. The summed E-state index contributed by atoms with van der Waals surface area (Å²) in [6.07, 6.45) is 0. The number of carboxylic acids is 1. The first kappa shape index (κ1) is 17.1. The number of aliphatic carboxylic acids is 1. The minimum Gasteiger partial charge on any atom is -0.475 e. The van der Waals surface area contributed by atoms with Crippen molar-refractivity contribution in [3.8, 4) is 0 Å². The van der Waals surface area contributed by atoms with Gasteiger partial charge in [0.1, 0.15) is 0 Å². The highest BCUT2D eigenvalue weighted by molar-refractivity contribution is 6.52. The third-order valence-electron chi connectivity index (χ3n) is 2.12. The number of carbonyl (C=O) groups excluding carboxylic acids is 4. The Morgan fingerprint density at radius 2 is 1.06 bits per heavy atom. The fourth-order valence-electron chi connectivity index (χ4n) is 1.38. The molecule has 0 unspecified atom stereocenters. The summed E-state index contributed by atoms with van der Waals surface area (Å²) in [6, 6.07) is 0. The first-order valence-corrected chi connectivity index (χ1v) is 3.99. The van der Waals surface area contributed by atoms with Crippen molar-refractivity contribution in [3.63, 3.8) is 0 Å². The highest BCUT2D eigenvalue weighted by Gasteiger charge is 2.55. The van der Waals surface area contributed by atoms with Gasteiger partial charge in [0.05, 0.1) is 0 Å². The van der Waals surface area contributed by atoms with E-state index in [-0.39, 0.29) is 17.4 Å². The van der Waals surface area contributed by atoms with Gasteiger partial charge in [0.2, 0.25) is 5.41 Å². The zero-order valence-corrected chi connectivity index (χ0v) is 8.49. The molecule has 0 amide bonds. The molecule has 0 aromatic heterocycles. The molecule has 0 aromatic carbocycles. The molecule has 0 spiro atoms. The van der Waals surface area contributed by atoms with Gasteiger partial charge < -0.3 is 5.11 Å². The topological polar surface area (TPSA) is 106 Å². The fourth-order valence-corrected chi connectivity index (χ4v) is 1.38. The molecule has 0 aliphatic carbocycles. The van der Waals surface area contributed by atoms with Gasteiger partial charge in [0.15, 0.2) is 34.7 Å². The van der Waals surface area contributed by atoms with Crippen molar-refractivity contribution in [1.29, 1.82) is 0 Å². The predicted octanol–water partition coefficient (Wildman–Crippen LogP) is -1.79. The van der Waals surface area contributed by atoms with E-state index in [9.17, 15) is 24.0 Å². The number of carbonyl (C=O) groups is 5. The number of Topliss-reactive ketones (excluding diaryl/α,β-unsaturated/α-hetero) is 4. The lowest BCUT2D eigenvalue weighted by atomic mass is 9.73. The average molecular weight is 244 g/mol. The van der Waals surface area contributed by atoms with E-state index in [1.54, 1.807) is 0 Å². The molecule has 16 heavy (non-hydrogen) atoms. The molecule has 0 fully saturated rings. The van der Waals surface area contributed by atoms with E-state index in [1.165, 1.54) is 0 Å². The van der Waals surface area contributed by atoms with E-state index in [1.807, 2.05) is 0 Å². The fraction of sp³-hybridized carbons (Fsp3) is 0.444. The largest absolute Gasteiger partial charge is 0.475 e. The Bertz CT molecular complexity index is 334. The third-order valence-corrected chi connectivity index (χ3v) is 2.12. The molecule has 0 heterocycles. The quantitative estimate of drug-likeness (QED) is 0.348. The summed E-state index contributed by atoms with van der Waals surface area (Å²) in [5.74, 6) is -6.90. The van der Waals surface area contributed by atoms with Crippen LogP contribution in [0, 0.1) is 5.41 Å². The van der Waals surface area contributed by atoms with Gasteiger partial charge in [-0.1, -0.05) is 0 Å². The summed E-state index contributed by atoms with van der Waals surface area (Å²) in [6.45, 7) is 2.51. The Balaban J connectivity index is 0. The minimum absolute atomic E-state index is 0. The number of carboxylic acid groups (broad SMARTS) is 1. The van der Waals surface area contributed by atoms with Gasteiger partial charge in [-0.3, -0.25) is 19.2 Å². The van der Waals surface area contributed by atoms with Gasteiger partial charge in [-0.2, -0.15) is 0 Å². The highest BCUT2D eigenvalue weighted by atomic mass is 27.0. The van der Waals surface area contributed by atoms with Crippen LogP contribution in [-0.2, 0) is 24.0 Å². The van der Waals surface area contributed by atoms with E-state index < -0.39 is 34.5 Å². The second-order valence-electron chi connectivity index (χ2n) is 3.05. The maximum Gasteiger partial charge on any atom is 0.374 e. The van der Waals surface area contributed by atoms with Crippen molar-refractivity contribution in [3.05, 3.63) is 0 Å². The molecule has 0 saturated carbocycles. The van der Waals surface area contributed by atoms with Crippen molar-refractivity contribution in [2.75, 3.05) is 0 Å². The van der Waals surface area contributed by atoms with Gasteiger partial charge in [-0.25, -0.2) is 4.79 Å². The molecule has 88 valence electrons. The van der Waals surface area contributed by atoms with Gasteiger partial charge in [-0.15, -0.1) is 0 Å². The Morgan fingerprint density at radius 3 is 1.12 bits per heavy atom. The maximum atomic E-state index is 11.2. The molecule has 0 rings (SSSR count). The van der Waals surface area contributed by atoms with Crippen LogP contribution in [0.1, 0.15) is 20.8 Å². The Kier molecular flexibility index (Phi) is 6.07. The Hall–Kier alpha value is -1.32. The molecule has 0 atom stereocenters. The SMILES string of the molecule is CC(=O)C(C(C)=O)(C(C)=O)C(=O)C(=O)O.[AlH3]. The summed E-state index contributed by atoms with van der Waals surface area (Å²) in [4.78, 5) is 55.2. The van der Waals surface area contributed by atoms with Crippen LogP contribution in [0.25, 0.3) is 0 Å². The second-order valence-corrected chi connectivity index (χ2v) is 3.05. The van der Waals surface area contributed by atoms with E-state index in [4.69, 9.17) is 5.11 Å². The predicted molar refractivity (Wildman–Crippen MR) is 57.1 cm³/mol. The number of hydrogen-bond acceptors (Lipinski definition) is 5. The lowest BCUT2D eigenvalue weighted by Crippen LogP contribution is -2.52. The number of ketones is 4. The smallest absolute Gasteiger partial charge is 0.374 e. The Labute approximate surface area is 102 Å². The maximum absolute atomic E-state index is 11.2. The van der Waals surface area contributed by atoms with Gasteiger partial charge >= 0.3 is 5.97 Å². The molecule has 7 heteroatoms. The number of hydrogen-bond donors (Lipinski definition) is 1. The van der Waals surface area contributed by atoms with E-state index >= 15 is 0 Å². The molecule has 0 saturated heterocycles. The molecule has 0 aromatic rings. The normalized spacial score (nSPS) is 9.94. The zero-order chi connectivity index (χ0) is 12.4. The lowest BCUT2D eigenvalue weighted by molar-refractivity contribution is -0.162. The van der Waals surface area contributed by atoms with Crippen LogP contribution in [-0.4, -0.2) is 51.6 Å². The molecule has 0 aliphatic heterocycles. The lowest BCUT2D eigenvalue weighted by Gasteiger charge is -2.21. The monoisotopic (exact) mass is 244 g/mol. The van der Waals surface area contributed by atoms with Crippen molar-refractivity contribution in [2.45, 2.75) is 20.8 Å². The Morgan fingerprint density at radius 1 is 0.812 bits per heavy atom. The summed E-state index contributed by atoms with van der Waals surface area (Å²) in [5, 5.41) is 8.46. The van der Waals surface area contributed by atoms with Crippen LogP contribution in [0.5, 0.6) is 0 Å². The highest BCUT2D eigenvalue weighted by Crippen LogP contribution is 2.23. The second kappa shape index (κ2) is 5.68. The van der Waals surface area contributed by atoms with Crippen LogP contribution in [0.15, 0.2) is 0 Å². The summed E-state index contributed by atoms with van der Waals surface area (Å²) in [5.41, 5.74) is -2.67. The minimum atomic E-state index is -2.67. The van der Waals surface area contributed by atoms with E-state index in [0.717, 1.165) is 20.8 Å². The third kappa shape index (κ3) is 2.43. The van der Waals surface area contributed by atoms with Crippen LogP contribution in [0.3, 0.4) is 0 Å². The van der Waals surface area contributed by atoms with Crippen LogP contribution in [0.4, 0.5) is 0 Å². The number of rotatable bonds is 5. The van der Waals surface area contributed by atoms with Gasteiger partial charge in [-0.05, 0) is 20.8 Å². The molecular weight excluding hydrogens is 231 g/mol. The van der Waals surface area contributed by atoms with Crippen LogP contribution >= 0.6 is 0 Å². The van der Waals surface area contributed by atoms with Gasteiger partial charge in [0, 0.05) is 0 Å². The summed E-state index contributed by atoms with van der Waals surface area (Å²) < 4.78 is 0. The first-order chi connectivity index (χ1) is 6.68. The van der Waals surface area contributed by atoms with Crippen LogP contribution in [0.2, 0.25) is 0 Å². The van der Waals surface area contributed by atoms with Crippen molar-refractivity contribution in [1.82, 2.24) is 0 Å². The van der Waals surface area contributed by atoms with E-state index in [2.05, 4.69) is 0 Å². The molecular formula is C9H13AlO6. The molecule has 1 N–H and O–H groups in total. The zero-order valence-electron chi connectivity index (χ0n) is 8.49. The van der Waals surface area contributed by atoms with Gasteiger partial charge in [0.25, 0.3) is 5.78 Å². The van der Waals surface area contributed by atoms with Crippen LogP contribution < -0.4 is 0 Å². The molecule has 6 nitrogen and oxygen atoms in total. The summed E-state index contributed by atoms with van der Waals surface area (Å²) in [7, 11) is 0. The van der Waals surface area contributed by atoms with Crippen molar-refractivity contribution < 1.29 is 29.1 Å². The van der Waals surface area contributed by atoms with Crippen molar-refractivity contribution >= 4 is 46.5 Å².